The van der Waals surface area contributed by atoms with Crippen molar-refractivity contribution in [3.8, 4) is 0 Å². The quantitative estimate of drug-likeness (QED) is 0.577. The maximum Gasteiger partial charge on any atom is 0.405 e. The van der Waals surface area contributed by atoms with Crippen LogP contribution >= 0.6 is 0 Å². The molecular weight excluding hydrogens is 156 g/mol. The van der Waals surface area contributed by atoms with Gasteiger partial charge in [0.1, 0.15) is 0 Å². The van der Waals surface area contributed by atoms with Crippen molar-refractivity contribution in [2.24, 2.45) is 0 Å². The second-order valence-electron chi connectivity index (χ2n) is 3.34. The first-order chi connectivity index (χ1) is 5.68. The summed E-state index contributed by atoms with van der Waals surface area (Å²) in [6.45, 7) is 3.78. The van der Waals surface area contributed by atoms with Crippen LogP contribution in [-0.4, -0.2) is 29.8 Å². The smallest absolute Gasteiger partial charge is 0.405 e. The van der Waals surface area contributed by atoms with Crippen LogP contribution in [0.4, 0.5) is 4.79 Å². The summed E-state index contributed by atoms with van der Waals surface area (Å²) in [5, 5.41) is 14.4. The largest absolute Gasteiger partial charge is 0.465 e. The monoisotopic (exact) mass is 172 g/mol. The molecule has 70 valence electrons. The minimum atomic E-state index is -0.916. The molecule has 4 heteroatoms. The van der Waals surface area contributed by atoms with E-state index in [0.29, 0.717) is 0 Å². The van der Waals surface area contributed by atoms with Gasteiger partial charge in [-0.15, -0.1) is 0 Å². The van der Waals surface area contributed by atoms with Gasteiger partial charge in [-0.05, 0) is 25.8 Å². The fraction of sp³-hybridized carbons (Fsp3) is 0.875. The zero-order chi connectivity index (χ0) is 9.03. The lowest BCUT2D eigenvalue weighted by atomic mass is 9.88. The predicted octanol–water partition coefficient (Wildman–Crippen LogP) is 0.786. The summed E-state index contributed by atoms with van der Waals surface area (Å²) < 4.78 is 0. The summed E-state index contributed by atoms with van der Waals surface area (Å²) in [6, 6.07) is 0. The molecule has 0 aromatic carbocycles. The highest BCUT2D eigenvalue weighted by Gasteiger charge is 2.31. The van der Waals surface area contributed by atoms with E-state index in [1.165, 1.54) is 0 Å². The minimum Gasteiger partial charge on any atom is -0.465 e. The average Bonchev–Trinajstić information content (AvgIpc) is 2.05. The van der Waals surface area contributed by atoms with Gasteiger partial charge in [0.05, 0.1) is 5.54 Å². The molecule has 12 heavy (non-hydrogen) atoms. The molecule has 1 heterocycles. The van der Waals surface area contributed by atoms with Gasteiger partial charge in [-0.1, -0.05) is 6.92 Å². The van der Waals surface area contributed by atoms with E-state index in [2.05, 4.69) is 10.6 Å². The van der Waals surface area contributed by atoms with Crippen molar-refractivity contribution in [3.63, 3.8) is 0 Å². The first-order valence-electron chi connectivity index (χ1n) is 4.40. The second-order valence-corrected chi connectivity index (χ2v) is 3.34. The summed E-state index contributed by atoms with van der Waals surface area (Å²) in [5.41, 5.74) is -0.218. The average molecular weight is 172 g/mol. The summed E-state index contributed by atoms with van der Waals surface area (Å²) in [6.07, 6.45) is 1.93. The molecule has 0 bridgehead atoms. The summed E-state index contributed by atoms with van der Waals surface area (Å²) >= 11 is 0. The minimum absolute atomic E-state index is 0.218. The number of hydrogen-bond donors (Lipinski definition) is 3. The molecular formula is C8H16N2O2. The van der Waals surface area contributed by atoms with Crippen LogP contribution in [0.3, 0.4) is 0 Å². The van der Waals surface area contributed by atoms with E-state index >= 15 is 0 Å². The van der Waals surface area contributed by atoms with Gasteiger partial charge < -0.3 is 15.7 Å². The standard InChI is InChI=1S/C8H16N2O2/c1-2-8(10-7(11)12)4-3-5-9-6-8/h9-10H,2-6H2,1H3,(H,11,12). The van der Waals surface area contributed by atoms with Gasteiger partial charge in [-0.25, -0.2) is 4.79 Å². The van der Waals surface area contributed by atoms with Crippen molar-refractivity contribution in [2.75, 3.05) is 13.1 Å². The maximum absolute atomic E-state index is 10.5. The Morgan fingerprint density at radius 2 is 2.50 bits per heavy atom. The number of nitrogens with one attached hydrogen (secondary N) is 2. The van der Waals surface area contributed by atoms with Crippen molar-refractivity contribution in [2.45, 2.75) is 31.7 Å². The summed E-state index contributed by atoms with van der Waals surface area (Å²) in [7, 11) is 0. The summed E-state index contributed by atoms with van der Waals surface area (Å²) in [5.74, 6) is 0. The number of piperidine rings is 1. The Bertz CT molecular complexity index is 164. The van der Waals surface area contributed by atoms with Gasteiger partial charge in [-0.2, -0.15) is 0 Å². The normalized spacial score (nSPS) is 29.8. The molecule has 0 aliphatic carbocycles. The Balaban J connectivity index is 2.53. The molecule has 4 nitrogen and oxygen atoms in total. The van der Waals surface area contributed by atoms with Crippen LogP contribution in [0.2, 0.25) is 0 Å². The molecule has 1 saturated heterocycles. The Hall–Kier alpha value is -0.770. The van der Waals surface area contributed by atoms with Crippen LogP contribution in [0.5, 0.6) is 0 Å². The topological polar surface area (TPSA) is 61.4 Å². The van der Waals surface area contributed by atoms with Crippen LogP contribution in [0.25, 0.3) is 0 Å². The Morgan fingerprint density at radius 1 is 1.75 bits per heavy atom. The Labute approximate surface area is 72.3 Å². The third-order valence-corrected chi connectivity index (χ3v) is 2.52. The van der Waals surface area contributed by atoms with Crippen LogP contribution in [0.15, 0.2) is 0 Å². The van der Waals surface area contributed by atoms with Gasteiger partial charge in [0.15, 0.2) is 0 Å². The molecule has 1 amide bonds. The van der Waals surface area contributed by atoms with E-state index in [1.807, 2.05) is 6.92 Å². The molecule has 3 N–H and O–H groups in total. The van der Waals surface area contributed by atoms with Crippen molar-refractivity contribution in [3.05, 3.63) is 0 Å². The highest BCUT2D eigenvalue weighted by atomic mass is 16.4. The lowest BCUT2D eigenvalue weighted by Crippen LogP contribution is -2.56. The zero-order valence-electron chi connectivity index (χ0n) is 7.39. The highest BCUT2D eigenvalue weighted by Crippen LogP contribution is 2.19. The summed E-state index contributed by atoms with van der Waals surface area (Å²) in [4.78, 5) is 10.5. The zero-order valence-corrected chi connectivity index (χ0v) is 7.39. The van der Waals surface area contributed by atoms with Crippen molar-refractivity contribution in [1.29, 1.82) is 0 Å². The van der Waals surface area contributed by atoms with E-state index < -0.39 is 6.09 Å². The second kappa shape index (κ2) is 3.76. The lowest BCUT2D eigenvalue weighted by Gasteiger charge is -2.36. The number of amides is 1. The number of hydrogen-bond acceptors (Lipinski definition) is 2. The van der Waals surface area contributed by atoms with E-state index in [4.69, 9.17) is 5.11 Å². The SMILES string of the molecule is CCC1(NC(=O)O)CCCNC1. The molecule has 1 unspecified atom stereocenters. The maximum atomic E-state index is 10.5. The lowest BCUT2D eigenvalue weighted by molar-refractivity contribution is 0.165. The van der Waals surface area contributed by atoms with Crippen LogP contribution in [0.1, 0.15) is 26.2 Å². The van der Waals surface area contributed by atoms with Crippen molar-refractivity contribution >= 4 is 6.09 Å². The molecule has 1 aliphatic heterocycles. The number of carbonyl (C=O) groups is 1. The molecule has 1 atom stereocenters. The van der Waals surface area contributed by atoms with Gasteiger partial charge in [0, 0.05) is 6.54 Å². The Morgan fingerprint density at radius 3 is 2.92 bits per heavy atom. The molecule has 0 spiro atoms. The highest BCUT2D eigenvalue weighted by molar-refractivity contribution is 5.65. The van der Waals surface area contributed by atoms with Crippen LogP contribution in [-0.2, 0) is 0 Å². The van der Waals surface area contributed by atoms with Gasteiger partial charge in [-0.3, -0.25) is 0 Å². The van der Waals surface area contributed by atoms with Gasteiger partial charge >= 0.3 is 6.09 Å². The molecule has 1 aliphatic rings. The first kappa shape index (κ1) is 9.32. The molecule has 0 aromatic rings. The van der Waals surface area contributed by atoms with E-state index in [1.54, 1.807) is 0 Å². The van der Waals surface area contributed by atoms with E-state index in [-0.39, 0.29) is 5.54 Å². The number of rotatable bonds is 2. The van der Waals surface area contributed by atoms with Crippen molar-refractivity contribution < 1.29 is 9.90 Å². The van der Waals surface area contributed by atoms with E-state index in [0.717, 1.165) is 32.4 Å². The predicted molar refractivity (Wildman–Crippen MR) is 46.3 cm³/mol. The molecule has 1 rings (SSSR count). The fourth-order valence-corrected chi connectivity index (χ4v) is 1.69. The van der Waals surface area contributed by atoms with Gasteiger partial charge in [0.2, 0.25) is 0 Å². The van der Waals surface area contributed by atoms with E-state index in [9.17, 15) is 4.79 Å². The number of carboxylic acid groups (broad SMARTS) is 1. The Kier molecular flexibility index (Phi) is 2.92. The van der Waals surface area contributed by atoms with Gasteiger partial charge in [0.25, 0.3) is 0 Å². The first-order valence-corrected chi connectivity index (χ1v) is 4.40. The third-order valence-electron chi connectivity index (χ3n) is 2.52. The third kappa shape index (κ3) is 2.11. The molecule has 0 aromatic heterocycles. The molecule has 0 saturated carbocycles. The van der Waals surface area contributed by atoms with Crippen LogP contribution in [0, 0.1) is 0 Å². The molecule has 0 radical (unpaired) electrons. The van der Waals surface area contributed by atoms with Crippen molar-refractivity contribution in [1.82, 2.24) is 10.6 Å². The fourth-order valence-electron chi connectivity index (χ4n) is 1.69. The molecule has 1 fully saturated rings. The van der Waals surface area contributed by atoms with Crippen LogP contribution < -0.4 is 10.6 Å².